The van der Waals surface area contributed by atoms with Crippen LogP contribution in [0.2, 0.25) is 0 Å². The van der Waals surface area contributed by atoms with Crippen LogP contribution in [0.15, 0.2) is 18.3 Å². The second-order valence-electron chi connectivity index (χ2n) is 6.01. The molecule has 0 amide bonds. The molecule has 0 radical (unpaired) electrons. The summed E-state index contributed by atoms with van der Waals surface area (Å²) in [5, 5.41) is 0. The molecule has 1 aromatic heterocycles. The molecule has 1 aliphatic heterocycles. The number of anilines is 1. The number of hydrogen-bond acceptors (Lipinski definition) is 3. The van der Waals surface area contributed by atoms with Crippen LogP contribution in [0.3, 0.4) is 0 Å². The van der Waals surface area contributed by atoms with E-state index in [9.17, 15) is 0 Å². The normalized spacial score (nSPS) is 24.3. The lowest BCUT2D eigenvalue weighted by Crippen LogP contribution is -2.35. The van der Waals surface area contributed by atoms with E-state index in [1.54, 1.807) is 0 Å². The smallest absolute Gasteiger partial charge is 0.128 e. The first kappa shape index (κ1) is 12.9. The van der Waals surface area contributed by atoms with Gasteiger partial charge in [0.1, 0.15) is 5.82 Å². The molecule has 3 nitrogen and oxygen atoms in total. The predicted molar refractivity (Wildman–Crippen MR) is 79.3 cm³/mol. The maximum absolute atomic E-state index is 5.59. The number of nitrogens with two attached hydrogens (primary N) is 1. The molecule has 3 rings (SSSR count). The highest BCUT2D eigenvalue weighted by molar-refractivity contribution is 5.42. The Kier molecular flexibility index (Phi) is 4.02. The van der Waals surface area contributed by atoms with Gasteiger partial charge in [-0.15, -0.1) is 0 Å². The van der Waals surface area contributed by atoms with Crippen LogP contribution in [-0.2, 0) is 6.42 Å². The van der Waals surface area contributed by atoms with Crippen LogP contribution in [0.1, 0.15) is 44.1 Å². The van der Waals surface area contributed by atoms with Crippen molar-refractivity contribution in [2.75, 3.05) is 18.0 Å². The Morgan fingerprint density at radius 2 is 2.00 bits per heavy atom. The molecule has 0 spiro atoms. The van der Waals surface area contributed by atoms with Crippen LogP contribution < -0.4 is 10.6 Å². The molecule has 1 saturated heterocycles. The Balaban J connectivity index is 1.72. The number of nitrogens with zero attached hydrogens (tertiary/aromatic N) is 2. The van der Waals surface area contributed by atoms with Crippen molar-refractivity contribution in [3.05, 3.63) is 23.9 Å². The fourth-order valence-electron chi connectivity index (χ4n) is 3.81. The van der Waals surface area contributed by atoms with E-state index in [0.29, 0.717) is 6.54 Å². The van der Waals surface area contributed by atoms with E-state index in [0.717, 1.165) is 18.4 Å². The maximum Gasteiger partial charge on any atom is 0.128 e. The molecular weight excluding hydrogens is 234 g/mol. The van der Waals surface area contributed by atoms with Crippen molar-refractivity contribution < 1.29 is 0 Å². The third kappa shape index (κ3) is 2.76. The molecule has 1 aromatic rings. The number of rotatable bonds is 4. The minimum absolute atomic E-state index is 0.704. The minimum Gasteiger partial charge on any atom is -0.353 e. The van der Waals surface area contributed by atoms with Gasteiger partial charge in [0.25, 0.3) is 0 Å². The maximum atomic E-state index is 5.59. The lowest BCUT2D eigenvalue weighted by atomic mass is 9.96. The fraction of sp³-hybridized carbons (Fsp3) is 0.688. The predicted octanol–water partition coefficient (Wildman–Crippen LogP) is 2.74. The van der Waals surface area contributed by atoms with E-state index in [-0.39, 0.29) is 0 Å². The molecule has 2 N–H and O–H groups in total. The molecule has 1 unspecified atom stereocenters. The van der Waals surface area contributed by atoms with Gasteiger partial charge in [0.15, 0.2) is 0 Å². The average Bonchev–Trinajstić information content (AvgIpc) is 3.11. The van der Waals surface area contributed by atoms with Crippen molar-refractivity contribution in [3.63, 3.8) is 0 Å². The van der Waals surface area contributed by atoms with Gasteiger partial charge in [0.05, 0.1) is 0 Å². The molecule has 104 valence electrons. The van der Waals surface area contributed by atoms with Gasteiger partial charge >= 0.3 is 0 Å². The van der Waals surface area contributed by atoms with Crippen molar-refractivity contribution in [2.45, 2.75) is 51.0 Å². The van der Waals surface area contributed by atoms with E-state index in [4.69, 9.17) is 5.73 Å². The SMILES string of the molecule is NCCc1ccc(N2CCCC2C2CCCC2)nc1. The van der Waals surface area contributed by atoms with E-state index in [2.05, 4.69) is 22.0 Å². The van der Waals surface area contributed by atoms with Crippen LogP contribution in [0.5, 0.6) is 0 Å². The highest BCUT2D eigenvalue weighted by atomic mass is 15.2. The topological polar surface area (TPSA) is 42.1 Å². The van der Waals surface area contributed by atoms with Gasteiger partial charge in [0, 0.05) is 18.8 Å². The molecule has 19 heavy (non-hydrogen) atoms. The molecule has 0 bridgehead atoms. The van der Waals surface area contributed by atoms with Gasteiger partial charge in [0.2, 0.25) is 0 Å². The first-order valence-corrected chi connectivity index (χ1v) is 7.80. The largest absolute Gasteiger partial charge is 0.353 e. The van der Waals surface area contributed by atoms with Crippen LogP contribution in [0, 0.1) is 5.92 Å². The highest BCUT2D eigenvalue weighted by Gasteiger charge is 2.33. The zero-order valence-electron chi connectivity index (χ0n) is 11.7. The Labute approximate surface area is 116 Å². The molecule has 1 aliphatic carbocycles. The summed E-state index contributed by atoms with van der Waals surface area (Å²) in [5.41, 5.74) is 6.84. The monoisotopic (exact) mass is 259 g/mol. The molecule has 1 atom stereocenters. The summed E-state index contributed by atoms with van der Waals surface area (Å²) in [6.07, 6.45) is 11.3. The summed E-state index contributed by atoms with van der Waals surface area (Å²) in [5.74, 6) is 2.09. The first-order chi connectivity index (χ1) is 9.38. The van der Waals surface area contributed by atoms with E-state index < -0.39 is 0 Å². The first-order valence-electron chi connectivity index (χ1n) is 7.80. The second kappa shape index (κ2) is 5.91. The Hall–Kier alpha value is -1.09. The molecule has 1 saturated carbocycles. The Morgan fingerprint density at radius 3 is 2.68 bits per heavy atom. The average molecular weight is 259 g/mol. The van der Waals surface area contributed by atoms with Gasteiger partial charge < -0.3 is 10.6 Å². The van der Waals surface area contributed by atoms with E-state index in [1.165, 1.54) is 56.5 Å². The zero-order valence-corrected chi connectivity index (χ0v) is 11.7. The van der Waals surface area contributed by atoms with Crippen LogP contribution in [0.4, 0.5) is 5.82 Å². The molecular formula is C16H25N3. The second-order valence-corrected chi connectivity index (χ2v) is 6.01. The molecule has 0 aromatic carbocycles. The van der Waals surface area contributed by atoms with Crippen molar-refractivity contribution in [2.24, 2.45) is 11.7 Å². The lowest BCUT2D eigenvalue weighted by molar-refractivity contribution is 0.429. The summed E-state index contributed by atoms with van der Waals surface area (Å²) >= 11 is 0. The number of pyridine rings is 1. The minimum atomic E-state index is 0.704. The van der Waals surface area contributed by atoms with Gasteiger partial charge in [-0.25, -0.2) is 4.98 Å². The highest BCUT2D eigenvalue weighted by Crippen LogP contribution is 2.37. The summed E-state index contributed by atoms with van der Waals surface area (Å²) in [7, 11) is 0. The van der Waals surface area contributed by atoms with Crippen molar-refractivity contribution in [3.8, 4) is 0 Å². The van der Waals surface area contributed by atoms with Crippen molar-refractivity contribution in [1.29, 1.82) is 0 Å². The Bertz CT molecular complexity index is 395. The summed E-state index contributed by atoms with van der Waals surface area (Å²) in [4.78, 5) is 7.23. The van der Waals surface area contributed by atoms with Crippen LogP contribution in [0.25, 0.3) is 0 Å². The molecule has 2 heterocycles. The molecule has 3 heteroatoms. The third-order valence-corrected chi connectivity index (χ3v) is 4.78. The van der Waals surface area contributed by atoms with Crippen LogP contribution >= 0.6 is 0 Å². The zero-order chi connectivity index (χ0) is 13.1. The van der Waals surface area contributed by atoms with E-state index >= 15 is 0 Å². The molecule has 2 aliphatic rings. The van der Waals surface area contributed by atoms with Crippen molar-refractivity contribution in [1.82, 2.24) is 4.98 Å². The van der Waals surface area contributed by atoms with Gasteiger partial charge in [-0.3, -0.25) is 0 Å². The summed E-state index contributed by atoms with van der Waals surface area (Å²) < 4.78 is 0. The summed E-state index contributed by atoms with van der Waals surface area (Å²) in [6.45, 7) is 1.89. The van der Waals surface area contributed by atoms with E-state index in [1.807, 2.05) is 6.20 Å². The van der Waals surface area contributed by atoms with Crippen LogP contribution in [-0.4, -0.2) is 24.1 Å². The fourth-order valence-corrected chi connectivity index (χ4v) is 3.81. The van der Waals surface area contributed by atoms with Crippen molar-refractivity contribution >= 4 is 5.82 Å². The molecule has 2 fully saturated rings. The van der Waals surface area contributed by atoms with Gasteiger partial charge in [-0.2, -0.15) is 0 Å². The van der Waals surface area contributed by atoms with Gasteiger partial charge in [-0.1, -0.05) is 18.9 Å². The third-order valence-electron chi connectivity index (χ3n) is 4.78. The number of hydrogen-bond donors (Lipinski definition) is 1. The Morgan fingerprint density at radius 1 is 1.16 bits per heavy atom. The standard InChI is InChI=1S/C16H25N3/c17-10-9-13-7-8-16(18-12-13)19-11-3-6-15(19)14-4-1-2-5-14/h7-8,12,14-15H,1-6,9-11,17H2. The summed E-state index contributed by atoms with van der Waals surface area (Å²) in [6, 6.07) is 5.13. The lowest BCUT2D eigenvalue weighted by Gasteiger charge is -2.30. The number of aromatic nitrogens is 1. The van der Waals surface area contributed by atoms with Gasteiger partial charge in [-0.05, 0) is 56.2 Å². The quantitative estimate of drug-likeness (QED) is 0.904.